The number of nitrogens with two attached hydrogens (primary N) is 1. The molecule has 2 rings (SSSR count). The van der Waals surface area contributed by atoms with Crippen molar-refractivity contribution in [2.75, 3.05) is 0 Å². The van der Waals surface area contributed by atoms with E-state index >= 15 is 0 Å². The van der Waals surface area contributed by atoms with Crippen LogP contribution in [0.3, 0.4) is 0 Å². The molecule has 0 radical (unpaired) electrons. The zero-order valence-electron chi connectivity index (χ0n) is 11.0. The summed E-state index contributed by atoms with van der Waals surface area (Å²) < 4.78 is 26.1. The molecular weight excluding hydrogens is 232 g/mol. The Morgan fingerprint density at radius 1 is 1.17 bits per heavy atom. The summed E-state index contributed by atoms with van der Waals surface area (Å²) in [7, 11) is 0. The highest BCUT2D eigenvalue weighted by atomic mass is 19.2. The van der Waals surface area contributed by atoms with E-state index < -0.39 is 11.6 Å². The van der Waals surface area contributed by atoms with Crippen LogP contribution in [0.15, 0.2) is 18.2 Å². The van der Waals surface area contributed by atoms with Gasteiger partial charge in [0, 0.05) is 5.54 Å². The second kappa shape index (κ2) is 4.96. The van der Waals surface area contributed by atoms with Crippen LogP contribution in [-0.2, 0) is 6.42 Å². The van der Waals surface area contributed by atoms with Crippen molar-refractivity contribution in [2.24, 2.45) is 17.6 Å². The number of hydrogen-bond donors (Lipinski definition) is 1. The summed E-state index contributed by atoms with van der Waals surface area (Å²) in [5, 5.41) is 0. The highest BCUT2D eigenvalue weighted by molar-refractivity contribution is 5.20. The molecule has 2 unspecified atom stereocenters. The Hall–Kier alpha value is -0.960. The Morgan fingerprint density at radius 2 is 1.78 bits per heavy atom. The molecule has 18 heavy (non-hydrogen) atoms. The van der Waals surface area contributed by atoms with Crippen molar-refractivity contribution in [3.63, 3.8) is 0 Å². The molecule has 1 aliphatic rings. The number of halogens is 2. The highest BCUT2D eigenvalue weighted by Crippen LogP contribution is 2.36. The average molecular weight is 253 g/mol. The zero-order chi connectivity index (χ0) is 13.3. The SMILES string of the molecule is CC1CC(C)CC(N)(Cc2ccc(F)c(F)c2)C1. The average Bonchev–Trinajstić information content (AvgIpc) is 2.21. The molecule has 0 amide bonds. The molecule has 0 aliphatic heterocycles. The summed E-state index contributed by atoms with van der Waals surface area (Å²) >= 11 is 0. The third-order valence-electron chi connectivity index (χ3n) is 3.85. The molecule has 0 saturated heterocycles. The fraction of sp³-hybridized carbons (Fsp3) is 0.600. The van der Waals surface area contributed by atoms with Crippen molar-refractivity contribution in [3.8, 4) is 0 Å². The maximum Gasteiger partial charge on any atom is 0.159 e. The molecule has 2 atom stereocenters. The molecule has 1 aromatic rings. The van der Waals surface area contributed by atoms with Crippen LogP contribution in [0.4, 0.5) is 8.78 Å². The Bertz CT molecular complexity index is 421. The second-order valence-electron chi connectivity index (χ2n) is 6.14. The maximum atomic E-state index is 13.2. The number of hydrogen-bond acceptors (Lipinski definition) is 1. The van der Waals surface area contributed by atoms with Crippen molar-refractivity contribution >= 4 is 0 Å². The molecular formula is C15H21F2N. The van der Waals surface area contributed by atoms with E-state index in [4.69, 9.17) is 5.73 Å². The van der Waals surface area contributed by atoms with Gasteiger partial charge < -0.3 is 5.73 Å². The lowest BCUT2D eigenvalue weighted by molar-refractivity contribution is 0.182. The van der Waals surface area contributed by atoms with E-state index in [1.807, 2.05) is 0 Å². The van der Waals surface area contributed by atoms with Gasteiger partial charge in [-0.1, -0.05) is 19.9 Å². The van der Waals surface area contributed by atoms with Crippen LogP contribution >= 0.6 is 0 Å². The van der Waals surface area contributed by atoms with Crippen LogP contribution in [0.1, 0.15) is 38.7 Å². The topological polar surface area (TPSA) is 26.0 Å². The molecule has 3 heteroatoms. The van der Waals surface area contributed by atoms with E-state index in [9.17, 15) is 8.78 Å². The molecule has 0 heterocycles. The summed E-state index contributed by atoms with van der Waals surface area (Å²) in [6.45, 7) is 4.42. The van der Waals surface area contributed by atoms with Gasteiger partial charge in [-0.3, -0.25) is 0 Å². The molecule has 0 aromatic heterocycles. The first-order valence-electron chi connectivity index (χ1n) is 6.61. The lowest BCUT2D eigenvalue weighted by Gasteiger charge is -2.40. The van der Waals surface area contributed by atoms with Crippen LogP contribution < -0.4 is 5.73 Å². The van der Waals surface area contributed by atoms with Crippen molar-refractivity contribution in [2.45, 2.75) is 45.1 Å². The fourth-order valence-corrected chi connectivity index (χ4v) is 3.53. The Kier molecular flexibility index (Phi) is 3.71. The first-order valence-corrected chi connectivity index (χ1v) is 6.61. The van der Waals surface area contributed by atoms with Gasteiger partial charge in [-0.15, -0.1) is 0 Å². The third-order valence-corrected chi connectivity index (χ3v) is 3.85. The highest BCUT2D eigenvalue weighted by Gasteiger charge is 2.34. The van der Waals surface area contributed by atoms with E-state index in [2.05, 4.69) is 13.8 Å². The molecule has 1 fully saturated rings. The van der Waals surface area contributed by atoms with Crippen LogP contribution in [0.5, 0.6) is 0 Å². The lowest BCUT2D eigenvalue weighted by atomic mass is 9.70. The van der Waals surface area contributed by atoms with Gasteiger partial charge in [0.2, 0.25) is 0 Å². The maximum absolute atomic E-state index is 13.2. The molecule has 100 valence electrons. The molecule has 1 saturated carbocycles. The van der Waals surface area contributed by atoms with Crippen molar-refractivity contribution < 1.29 is 8.78 Å². The third kappa shape index (κ3) is 3.08. The summed E-state index contributed by atoms with van der Waals surface area (Å²) in [6.07, 6.45) is 3.74. The lowest BCUT2D eigenvalue weighted by Crippen LogP contribution is -2.48. The van der Waals surface area contributed by atoms with Gasteiger partial charge in [0.25, 0.3) is 0 Å². The zero-order valence-corrected chi connectivity index (χ0v) is 11.0. The van der Waals surface area contributed by atoms with Gasteiger partial charge in [0.05, 0.1) is 0 Å². The van der Waals surface area contributed by atoms with Crippen molar-refractivity contribution in [1.29, 1.82) is 0 Å². The van der Waals surface area contributed by atoms with E-state index in [0.29, 0.717) is 18.3 Å². The smallest absolute Gasteiger partial charge is 0.159 e. The minimum atomic E-state index is -0.796. The summed E-state index contributed by atoms with van der Waals surface area (Å²) in [5.74, 6) is -0.378. The second-order valence-corrected chi connectivity index (χ2v) is 6.14. The fourth-order valence-electron chi connectivity index (χ4n) is 3.53. The van der Waals surface area contributed by atoms with Crippen LogP contribution in [0.25, 0.3) is 0 Å². The van der Waals surface area contributed by atoms with Gasteiger partial charge in [0.15, 0.2) is 11.6 Å². The summed E-state index contributed by atoms with van der Waals surface area (Å²) in [5.41, 5.74) is 6.96. The standard InChI is InChI=1S/C15H21F2N/c1-10-5-11(2)8-15(18,7-10)9-12-3-4-13(16)14(17)6-12/h3-4,6,10-11H,5,7-9,18H2,1-2H3. The quantitative estimate of drug-likeness (QED) is 0.855. The minimum absolute atomic E-state index is 0.276. The van der Waals surface area contributed by atoms with Crippen molar-refractivity contribution in [1.82, 2.24) is 0 Å². The number of benzene rings is 1. The molecule has 0 bridgehead atoms. The van der Waals surface area contributed by atoms with Gasteiger partial charge in [-0.05, 0) is 55.2 Å². The van der Waals surface area contributed by atoms with Crippen LogP contribution in [0, 0.1) is 23.5 Å². The van der Waals surface area contributed by atoms with Gasteiger partial charge in [0.1, 0.15) is 0 Å². The molecule has 1 nitrogen and oxygen atoms in total. The Balaban J connectivity index is 2.13. The number of rotatable bonds is 2. The van der Waals surface area contributed by atoms with Gasteiger partial charge >= 0.3 is 0 Å². The molecule has 1 aliphatic carbocycles. The Labute approximate surface area is 107 Å². The molecule has 0 spiro atoms. The summed E-state index contributed by atoms with van der Waals surface area (Å²) in [4.78, 5) is 0. The van der Waals surface area contributed by atoms with Crippen molar-refractivity contribution in [3.05, 3.63) is 35.4 Å². The van der Waals surface area contributed by atoms with Gasteiger partial charge in [-0.25, -0.2) is 8.78 Å². The largest absolute Gasteiger partial charge is 0.325 e. The van der Waals surface area contributed by atoms with Crippen LogP contribution in [-0.4, -0.2) is 5.54 Å². The Morgan fingerprint density at radius 3 is 2.33 bits per heavy atom. The predicted octanol–water partition coefficient (Wildman–Crippen LogP) is 3.66. The monoisotopic (exact) mass is 253 g/mol. The van der Waals surface area contributed by atoms with E-state index in [1.165, 1.54) is 18.6 Å². The van der Waals surface area contributed by atoms with Gasteiger partial charge in [-0.2, -0.15) is 0 Å². The van der Waals surface area contributed by atoms with E-state index in [-0.39, 0.29) is 5.54 Å². The first-order chi connectivity index (χ1) is 8.38. The first kappa shape index (κ1) is 13.5. The van der Waals surface area contributed by atoms with Crippen LogP contribution in [0.2, 0.25) is 0 Å². The predicted molar refractivity (Wildman–Crippen MR) is 69.2 cm³/mol. The van der Waals surface area contributed by atoms with E-state index in [1.54, 1.807) is 6.07 Å². The minimum Gasteiger partial charge on any atom is -0.325 e. The molecule has 2 N–H and O–H groups in total. The summed E-state index contributed by atoms with van der Waals surface area (Å²) in [6, 6.07) is 4.09. The molecule has 1 aromatic carbocycles. The van der Waals surface area contributed by atoms with E-state index in [0.717, 1.165) is 18.4 Å². The normalized spacial score (nSPS) is 32.5.